The zero-order chi connectivity index (χ0) is 15.5. The Bertz CT molecular complexity index is 447. The van der Waals surface area contributed by atoms with Gasteiger partial charge in [0.25, 0.3) is 0 Å². The van der Waals surface area contributed by atoms with Crippen LogP contribution in [-0.4, -0.2) is 48.0 Å². The first-order valence-corrected chi connectivity index (χ1v) is 8.41. The number of rotatable bonds is 4. The molecule has 21 heavy (non-hydrogen) atoms. The van der Waals surface area contributed by atoms with Gasteiger partial charge in [-0.15, -0.1) is 11.3 Å². The molecule has 2 rings (SSSR count). The third kappa shape index (κ3) is 4.97. The molecular weight excluding hydrogens is 284 g/mol. The van der Waals surface area contributed by atoms with Crippen molar-refractivity contribution in [2.24, 2.45) is 11.1 Å². The Balaban J connectivity index is 1.78. The molecule has 118 valence electrons. The molecule has 0 spiro atoms. The van der Waals surface area contributed by atoms with Gasteiger partial charge in [0.2, 0.25) is 5.91 Å². The fourth-order valence-electron chi connectivity index (χ4n) is 2.73. The summed E-state index contributed by atoms with van der Waals surface area (Å²) in [6, 6.07) is -0.0468. The lowest BCUT2D eigenvalue weighted by atomic mass is 9.87. The minimum Gasteiger partial charge on any atom is -0.345 e. The molecule has 2 heterocycles. The Morgan fingerprint density at radius 2 is 2.05 bits per heavy atom. The molecule has 6 heteroatoms. The van der Waals surface area contributed by atoms with E-state index in [0.717, 1.165) is 37.7 Å². The number of carbonyl (C=O) groups excluding carboxylic acids is 1. The van der Waals surface area contributed by atoms with Gasteiger partial charge in [-0.2, -0.15) is 0 Å². The Hall–Kier alpha value is -1.14. The Kier molecular flexibility index (Phi) is 5.22. The number of anilines is 1. The highest BCUT2D eigenvalue weighted by molar-refractivity contribution is 7.13. The van der Waals surface area contributed by atoms with E-state index in [0.29, 0.717) is 6.42 Å². The van der Waals surface area contributed by atoms with E-state index in [1.54, 1.807) is 11.3 Å². The summed E-state index contributed by atoms with van der Waals surface area (Å²) in [6.45, 7) is 9.71. The molecule has 1 amide bonds. The Morgan fingerprint density at radius 3 is 2.57 bits per heavy atom. The fourth-order valence-corrected chi connectivity index (χ4v) is 3.43. The molecule has 1 atom stereocenters. The average molecular weight is 310 g/mol. The molecule has 1 aliphatic heterocycles. The molecule has 0 aliphatic carbocycles. The molecule has 1 aromatic heterocycles. The van der Waals surface area contributed by atoms with Crippen LogP contribution < -0.4 is 10.6 Å². The standard InChI is InChI=1S/C15H26N4OS/c1-15(2,3)11-12(16)10-13(20)18-5-7-19(8-6-18)14-17-4-9-21-14/h4,9,12H,5-8,10-11,16H2,1-3H3. The van der Waals surface area contributed by atoms with Crippen molar-refractivity contribution >= 4 is 22.4 Å². The van der Waals surface area contributed by atoms with E-state index < -0.39 is 0 Å². The van der Waals surface area contributed by atoms with Crippen LogP contribution in [0.25, 0.3) is 0 Å². The van der Waals surface area contributed by atoms with Crippen molar-refractivity contribution in [3.8, 4) is 0 Å². The summed E-state index contributed by atoms with van der Waals surface area (Å²) < 4.78 is 0. The fraction of sp³-hybridized carbons (Fsp3) is 0.733. The van der Waals surface area contributed by atoms with E-state index in [-0.39, 0.29) is 17.4 Å². The molecule has 0 saturated carbocycles. The first-order chi connectivity index (χ1) is 9.85. The van der Waals surface area contributed by atoms with E-state index in [2.05, 4.69) is 30.7 Å². The van der Waals surface area contributed by atoms with Gasteiger partial charge in [-0.25, -0.2) is 4.98 Å². The zero-order valence-electron chi connectivity index (χ0n) is 13.2. The number of piperazine rings is 1. The van der Waals surface area contributed by atoms with Gasteiger partial charge in [0.1, 0.15) is 0 Å². The van der Waals surface area contributed by atoms with Crippen LogP contribution in [0, 0.1) is 5.41 Å². The van der Waals surface area contributed by atoms with Gasteiger partial charge in [-0.3, -0.25) is 4.79 Å². The molecular formula is C15H26N4OS. The molecule has 0 radical (unpaired) electrons. The van der Waals surface area contributed by atoms with Gasteiger partial charge in [-0.05, 0) is 11.8 Å². The summed E-state index contributed by atoms with van der Waals surface area (Å²) in [7, 11) is 0. The lowest BCUT2D eigenvalue weighted by Crippen LogP contribution is -2.49. The van der Waals surface area contributed by atoms with Crippen LogP contribution in [0.2, 0.25) is 0 Å². The van der Waals surface area contributed by atoms with Gasteiger partial charge in [0.15, 0.2) is 5.13 Å². The number of thiazole rings is 1. The molecule has 2 N–H and O–H groups in total. The first kappa shape index (κ1) is 16.2. The number of nitrogens with two attached hydrogens (primary N) is 1. The Labute approximate surface area is 131 Å². The minimum atomic E-state index is -0.0468. The predicted octanol–water partition coefficient (Wildman–Crippen LogP) is 1.95. The minimum absolute atomic E-state index is 0.0468. The normalized spacial score (nSPS) is 17.9. The molecule has 5 nitrogen and oxygen atoms in total. The average Bonchev–Trinajstić information content (AvgIpc) is 2.90. The quantitative estimate of drug-likeness (QED) is 0.923. The van der Waals surface area contributed by atoms with Crippen molar-refractivity contribution < 1.29 is 4.79 Å². The largest absolute Gasteiger partial charge is 0.345 e. The SMILES string of the molecule is CC(C)(C)CC(N)CC(=O)N1CCN(c2nccs2)CC1. The van der Waals surface area contributed by atoms with Crippen LogP contribution >= 0.6 is 11.3 Å². The molecule has 1 saturated heterocycles. The Morgan fingerprint density at radius 1 is 1.38 bits per heavy atom. The third-order valence-corrected chi connectivity index (χ3v) is 4.47. The first-order valence-electron chi connectivity index (χ1n) is 7.53. The smallest absolute Gasteiger partial charge is 0.224 e. The van der Waals surface area contributed by atoms with Gasteiger partial charge < -0.3 is 15.5 Å². The van der Waals surface area contributed by atoms with Crippen molar-refractivity contribution in [3.63, 3.8) is 0 Å². The molecule has 1 fully saturated rings. The topological polar surface area (TPSA) is 62.5 Å². The van der Waals surface area contributed by atoms with Crippen molar-refractivity contribution in [1.29, 1.82) is 0 Å². The number of aromatic nitrogens is 1. The van der Waals surface area contributed by atoms with Gasteiger partial charge >= 0.3 is 0 Å². The second kappa shape index (κ2) is 6.75. The second-order valence-corrected chi connectivity index (χ2v) is 7.78. The second-order valence-electron chi connectivity index (χ2n) is 6.91. The summed E-state index contributed by atoms with van der Waals surface area (Å²) in [5, 5.41) is 3.03. The maximum Gasteiger partial charge on any atom is 0.224 e. The molecule has 0 aromatic carbocycles. The number of nitrogens with zero attached hydrogens (tertiary/aromatic N) is 3. The van der Waals surface area contributed by atoms with Crippen molar-refractivity contribution in [3.05, 3.63) is 11.6 Å². The van der Waals surface area contributed by atoms with Crippen LogP contribution in [0.4, 0.5) is 5.13 Å². The van der Waals surface area contributed by atoms with Crippen LogP contribution in [0.5, 0.6) is 0 Å². The van der Waals surface area contributed by atoms with E-state index in [1.807, 2.05) is 16.5 Å². The van der Waals surface area contributed by atoms with Crippen LogP contribution in [0.15, 0.2) is 11.6 Å². The highest BCUT2D eigenvalue weighted by Crippen LogP contribution is 2.22. The van der Waals surface area contributed by atoms with Crippen LogP contribution in [0.3, 0.4) is 0 Å². The maximum atomic E-state index is 12.3. The van der Waals surface area contributed by atoms with Gasteiger partial charge in [0.05, 0.1) is 0 Å². The zero-order valence-corrected chi connectivity index (χ0v) is 14.0. The van der Waals surface area contributed by atoms with Gasteiger partial charge in [0, 0.05) is 50.2 Å². The molecule has 0 bridgehead atoms. The summed E-state index contributed by atoms with van der Waals surface area (Å²) in [5.74, 6) is 0.186. The monoisotopic (exact) mass is 310 g/mol. The molecule has 1 unspecified atom stereocenters. The highest BCUT2D eigenvalue weighted by Gasteiger charge is 2.25. The summed E-state index contributed by atoms with van der Waals surface area (Å²) >= 11 is 1.65. The van der Waals surface area contributed by atoms with Crippen molar-refractivity contribution in [1.82, 2.24) is 9.88 Å². The van der Waals surface area contributed by atoms with E-state index >= 15 is 0 Å². The maximum absolute atomic E-state index is 12.3. The predicted molar refractivity (Wildman–Crippen MR) is 87.6 cm³/mol. The summed E-state index contributed by atoms with van der Waals surface area (Å²) in [4.78, 5) is 20.8. The summed E-state index contributed by atoms with van der Waals surface area (Å²) in [6.07, 6.45) is 3.15. The molecule has 1 aromatic rings. The number of hydrogen-bond acceptors (Lipinski definition) is 5. The van der Waals surface area contributed by atoms with E-state index in [4.69, 9.17) is 5.73 Å². The number of amides is 1. The highest BCUT2D eigenvalue weighted by atomic mass is 32.1. The lowest BCUT2D eigenvalue weighted by Gasteiger charge is -2.35. The lowest BCUT2D eigenvalue weighted by molar-refractivity contribution is -0.131. The van der Waals surface area contributed by atoms with Crippen LogP contribution in [-0.2, 0) is 4.79 Å². The number of hydrogen-bond donors (Lipinski definition) is 1. The third-order valence-electron chi connectivity index (χ3n) is 3.63. The van der Waals surface area contributed by atoms with Crippen molar-refractivity contribution in [2.45, 2.75) is 39.7 Å². The van der Waals surface area contributed by atoms with E-state index in [9.17, 15) is 4.79 Å². The van der Waals surface area contributed by atoms with E-state index in [1.165, 1.54) is 0 Å². The van der Waals surface area contributed by atoms with Crippen molar-refractivity contribution in [2.75, 3.05) is 31.1 Å². The van der Waals surface area contributed by atoms with Crippen LogP contribution in [0.1, 0.15) is 33.6 Å². The molecule has 1 aliphatic rings. The van der Waals surface area contributed by atoms with Gasteiger partial charge in [-0.1, -0.05) is 20.8 Å². The summed E-state index contributed by atoms with van der Waals surface area (Å²) in [5.41, 5.74) is 6.28. The number of carbonyl (C=O) groups is 1.